The Labute approximate surface area is 154 Å². The third-order valence-electron chi connectivity index (χ3n) is 5.92. The van der Waals surface area contributed by atoms with Gasteiger partial charge in [0, 0.05) is 31.2 Å². The molecule has 2 aliphatic rings. The molecule has 1 fully saturated rings. The molecule has 0 radical (unpaired) electrons. The molecule has 1 heterocycles. The summed E-state index contributed by atoms with van der Waals surface area (Å²) < 4.78 is 0. The van der Waals surface area contributed by atoms with E-state index in [2.05, 4.69) is 23.2 Å². The van der Waals surface area contributed by atoms with Crippen LogP contribution in [0.25, 0.3) is 0 Å². The van der Waals surface area contributed by atoms with E-state index in [-0.39, 0.29) is 5.91 Å². The molecule has 2 aromatic rings. The number of nitrogens with one attached hydrogen (secondary N) is 1. The number of carbonyl (C=O) groups is 1. The van der Waals surface area contributed by atoms with E-state index in [1.54, 1.807) is 6.07 Å². The zero-order chi connectivity index (χ0) is 18.1. The van der Waals surface area contributed by atoms with Crippen LogP contribution in [0.4, 0.5) is 5.69 Å². The number of hydrogen-bond acceptors (Lipinski definition) is 3. The second-order valence-corrected chi connectivity index (χ2v) is 7.72. The first-order valence-corrected chi connectivity index (χ1v) is 9.51. The first kappa shape index (κ1) is 17.1. The SMILES string of the molecule is C[C@@H]1CN(CCC(=O)Nc2ccccc2)[C@@H]2Cc3ccc(O)cc3[C@H]1C2. The van der Waals surface area contributed by atoms with E-state index < -0.39 is 0 Å². The number of benzene rings is 2. The Morgan fingerprint density at radius 1 is 1.23 bits per heavy atom. The van der Waals surface area contributed by atoms with E-state index in [0.29, 0.717) is 30.0 Å². The second kappa shape index (κ2) is 7.12. The maximum Gasteiger partial charge on any atom is 0.225 e. The topological polar surface area (TPSA) is 52.6 Å². The van der Waals surface area contributed by atoms with Crippen molar-refractivity contribution >= 4 is 11.6 Å². The number of para-hydroxylation sites is 1. The first-order chi connectivity index (χ1) is 12.6. The van der Waals surface area contributed by atoms with Gasteiger partial charge in [-0.2, -0.15) is 0 Å². The van der Waals surface area contributed by atoms with Crippen molar-refractivity contribution in [3.8, 4) is 5.75 Å². The third kappa shape index (κ3) is 3.47. The normalized spacial score (nSPS) is 24.7. The molecule has 0 spiro atoms. The summed E-state index contributed by atoms with van der Waals surface area (Å²) in [7, 11) is 0. The molecule has 0 saturated carbocycles. The Morgan fingerprint density at radius 2 is 2.04 bits per heavy atom. The highest BCUT2D eigenvalue weighted by Gasteiger charge is 2.38. The zero-order valence-electron chi connectivity index (χ0n) is 15.2. The van der Waals surface area contributed by atoms with Gasteiger partial charge < -0.3 is 10.4 Å². The Balaban J connectivity index is 1.40. The summed E-state index contributed by atoms with van der Waals surface area (Å²) in [6.07, 6.45) is 2.66. The monoisotopic (exact) mass is 350 g/mol. The molecule has 3 atom stereocenters. The summed E-state index contributed by atoms with van der Waals surface area (Å²) in [5, 5.41) is 12.8. The van der Waals surface area contributed by atoms with Crippen molar-refractivity contribution in [3.05, 3.63) is 59.7 Å². The van der Waals surface area contributed by atoms with Crippen LogP contribution in [-0.2, 0) is 11.2 Å². The third-order valence-corrected chi connectivity index (χ3v) is 5.92. The molecule has 26 heavy (non-hydrogen) atoms. The van der Waals surface area contributed by atoms with E-state index >= 15 is 0 Å². The van der Waals surface area contributed by atoms with E-state index in [4.69, 9.17) is 0 Å². The number of likely N-dealkylation sites (tertiary alicyclic amines) is 1. The van der Waals surface area contributed by atoms with Crippen molar-refractivity contribution in [1.29, 1.82) is 0 Å². The minimum absolute atomic E-state index is 0.0760. The molecule has 2 N–H and O–H groups in total. The van der Waals surface area contributed by atoms with Crippen LogP contribution in [0.5, 0.6) is 5.75 Å². The highest BCUT2D eigenvalue weighted by molar-refractivity contribution is 5.90. The van der Waals surface area contributed by atoms with Gasteiger partial charge in [-0.25, -0.2) is 0 Å². The van der Waals surface area contributed by atoms with Gasteiger partial charge in [-0.1, -0.05) is 31.2 Å². The molecule has 1 aliphatic heterocycles. The number of amides is 1. The molecule has 0 unspecified atom stereocenters. The van der Waals surface area contributed by atoms with Crippen LogP contribution >= 0.6 is 0 Å². The fraction of sp³-hybridized carbons (Fsp3) is 0.409. The molecule has 136 valence electrons. The van der Waals surface area contributed by atoms with Crippen molar-refractivity contribution in [2.45, 2.75) is 38.1 Å². The summed E-state index contributed by atoms with van der Waals surface area (Å²) in [5.74, 6) is 1.50. The number of piperidine rings is 1. The lowest BCUT2D eigenvalue weighted by Crippen LogP contribution is -2.50. The first-order valence-electron chi connectivity index (χ1n) is 9.51. The quantitative estimate of drug-likeness (QED) is 0.882. The number of hydrogen-bond donors (Lipinski definition) is 2. The van der Waals surface area contributed by atoms with E-state index in [9.17, 15) is 9.90 Å². The summed E-state index contributed by atoms with van der Waals surface area (Å²) in [6, 6.07) is 16.0. The predicted molar refractivity (Wildman–Crippen MR) is 103 cm³/mol. The number of phenols is 1. The second-order valence-electron chi connectivity index (χ2n) is 7.72. The van der Waals surface area contributed by atoms with Crippen molar-refractivity contribution < 1.29 is 9.90 Å². The predicted octanol–water partition coefficient (Wildman–Crippen LogP) is 3.77. The Bertz CT molecular complexity index is 790. The number of phenolic OH excluding ortho intramolecular Hbond substituents is 1. The number of aromatic hydroxyl groups is 1. The number of rotatable bonds is 4. The van der Waals surface area contributed by atoms with E-state index in [1.807, 2.05) is 36.4 Å². The average Bonchev–Trinajstić information content (AvgIpc) is 2.64. The Morgan fingerprint density at radius 3 is 2.85 bits per heavy atom. The van der Waals surface area contributed by atoms with Crippen molar-refractivity contribution in [2.75, 3.05) is 18.4 Å². The van der Waals surface area contributed by atoms with Crippen molar-refractivity contribution in [2.24, 2.45) is 5.92 Å². The molecule has 2 bridgehead atoms. The van der Waals surface area contributed by atoms with E-state index in [1.165, 1.54) is 11.1 Å². The van der Waals surface area contributed by atoms with Gasteiger partial charge in [-0.3, -0.25) is 9.69 Å². The standard InChI is InChI=1S/C22H26N2O2/c1-15-14-24(10-9-22(26)23-17-5-3-2-4-6-17)18-11-16-7-8-19(25)13-21(16)20(15)12-18/h2-8,13,15,18,20,25H,9-12,14H2,1H3,(H,23,26)/t15-,18-,20+/m1/s1. The number of anilines is 1. The van der Waals surface area contributed by atoms with Gasteiger partial charge in [0.2, 0.25) is 5.91 Å². The molecule has 0 aromatic heterocycles. The molecule has 1 amide bonds. The summed E-state index contributed by atoms with van der Waals surface area (Å²) >= 11 is 0. The van der Waals surface area contributed by atoms with Gasteiger partial charge in [-0.15, -0.1) is 0 Å². The Hall–Kier alpha value is -2.33. The van der Waals surface area contributed by atoms with Crippen LogP contribution in [0.3, 0.4) is 0 Å². The lowest BCUT2D eigenvalue weighted by atomic mass is 9.71. The molecular weight excluding hydrogens is 324 g/mol. The van der Waals surface area contributed by atoms with Crippen LogP contribution in [0.1, 0.15) is 36.8 Å². The summed E-state index contributed by atoms with van der Waals surface area (Å²) in [6.45, 7) is 4.11. The zero-order valence-corrected chi connectivity index (χ0v) is 15.2. The Kier molecular flexibility index (Phi) is 4.68. The van der Waals surface area contributed by atoms with Crippen molar-refractivity contribution in [1.82, 2.24) is 4.90 Å². The fourth-order valence-corrected chi connectivity index (χ4v) is 4.60. The molecule has 4 rings (SSSR count). The largest absolute Gasteiger partial charge is 0.508 e. The minimum atomic E-state index is 0.0760. The average molecular weight is 350 g/mol. The highest BCUT2D eigenvalue weighted by atomic mass is 16.3. The van der Waals surface area contributed by atoms with Gasteiger partial charge >= 0.3 is 0 Å². The van der Waals surface area contributed by atoms with Gasteiger partial charge in [0.15, 0.2) is 0 Å². The fourth-order valence-electron chi connectivity index (χ4n) is 4.60. The maximum absolute atomic E-state index is 12.3. The van der Waals surface area contributed by atoms with Gasteiger partial charge in [-0.05, 0) is 60.1 Å². The summed E-state index contributed by atoms with van der Waals surface area (Å²) in [5.41, 5.74) is 3.54. The number of fused-ring (bicyclic) bond motifs is 4. The van der Waals surface area contributed by atoms with Crippen LogP contribution in [0.2, 0.25) is 0 Å². The van der Waals surface area contributed by atoms with Crippen LogP contribution < -0.4 is 5.32 Å². The van der Waals surface area contributed by atoms with Crippen LogP contribution in [-0.4, -0.2) is 35.0 Å². The van der Waals surface area contributed by atoms with Crippen molar-refractivity contribution in [3.63, 3.8) is 0 Å². The molecular formula is C22H26N2O2. The molecule has 1 saturated heterocycles. The lowest BCUT2D eigenvalue weighted by Gasteiger charge is -2.47. The molecule has 1 aliphatic carbocycles. The molecule has 4 heteroatoms. The highest BCUT2D eigenvalue weighted by Crippen LogP contribution is 2.43. The molecule has 4 nitrogen and oxygen atoms in total. The van der Waals surface area contributed by atoms with Crippen LogP contribution in [0.15, 0.2) is 48.5 Å². The lowest BCUT2D eigenvalue weighted by molar-refractivity contribution is -0.116. The smallest absolute Gasteiger partial charge is 0.225 e. The number of carbonyl (C=O) groups excluding carboxylic acids is 1. The molecule has 2 aromatic carbocycles. The van der Waals surface area contributed by atoms with Gasteiger partial charge in [0.25, 0.3) is 0 Å². The minimum Gasteiger partial charge on any atom is -0.508 e. The number of nitrogens with zero attached hydrogens (tertiary/aromatic N) is 1. The maximum atomic E-state index is 12.3. The van der Waals surface area contributed by atoms with Gasteiger partial charge in [0.05, 0.1) is 0 Å². The summed E-state index contributed by atoms with van der Waals surface area (Å²) in [4.78, 5) is 14.8. The van der Waals surface area contributed by atoms with Gasteiger partial charge in [0.1, 0.15) is 5.75 Å². The van der Waals surface area contributed by atoms with E-state index in [0.717, 1.165) is 31.6 Å². The van der Waals surface area contributed by atoms with Crippen LogP contribution in [0, 0.1) is 5.92 Å².